The molecule has 1 aliphatic carbocycles. The van der Waals surface area contributed by atoms with Crippen molar-refractivity contribution in [3.05, 3.63) is 52.8 Å². The molecule has 2 aromatic rings. The summed E-state index contributed by atoms with van der Waals surface area (Å²) in [5.74, 6) is 0.695. The van der Waals surface area contributed by atoms with Crippen molar-refractivity contribution in [3.8, 4) is 5.75 Å². The van der Waals surface area contributed by atoms with Crippen LogP contribution >= 0.6 is 0 Å². The van der Waals surface area contributed by atoms with E-state index in [2.05, 4.69) is 4.57 Å². The fraction of sp³-hybridized carbons (Fsp3) is 0.400. The molecular weight excluding hydrogens is 302 g/mol. The standard InChI is InChI=1S/C20H23NO3/c1-4-19(22)15-5-9-17(10-6-15)24-12-20(23)18-11-13(2)21(14(18)3)16-7-8-16/h5-6,9-11,16H,4,7-8,12H2,1-3H3. The summed E-state index contributed by atoms with van der Waals surface area (Å²) < 4.78 is 7.86. The minimum Gasteiger partial charge on any atom is -0.485 e. The largest absolute Gasteiger partial charge is 0.485 e. The van der Waals surface area contributed by atoms with Crippen molar-refractivity contribution in [2.24, 2.45) is 0 Å². The van der Waals surface area contributed by atoms with E-state index >= 15 is 0 Å². The van der Waals surface area contributed by atoms with Crippen LogP contribution in [0.15, 0.2) is 30.3 Å². The van der Waals surface area contributed by atoms with E-state index in [0.29, 0.717) is 23.8 Å². The number of rotatable bonds is 7. The summed E-state index contributed by atoms with van der Waals surface area (Å²) in [6.45, 7) is 5.90. The summed E-state index contributed by atoms with van der Waals surface area (Å²) in [5.41, 5.74) is 3.59. The Hall–Kier alpha value is -2.36. The Labute approximate surface area is 142 Å². The first-order valence-corrected chi connectivity index (χ1v) is 8.49. The van der Waals surface area contributed by atoms with Crippen LogP contribution in [-0.2, 0) is 0 Å². The number of benzene rings is 1. The third kappa shape index (κ3) is 3.28. The molecule has 4 heteroatoms. The smallest absolute Gasteiger partial charge is 0.202 e. The van der Waals surface area contributed by atoms with Gasteiger partial charge in [0.15, 0.2) is 12.4 Å². The highest BCUT2D eigenvalue weighted by Gasteiger charge is 2.28. The van der Waals surface area contributed by atoms with Crippen LogP contribution in [0.2, 0.25) is 0 Å². The van der Waals surface area contributed by atoms with Crippen LogP contribution in [0, 0.1) is 13.8 Å². The van der Waals surface area contributed by atoms with Crippen molar-refractivity contribution < 1.29 is 14.3 Å². The Kier molecular flexibility index (Phi) is 4.56. The monoisotopic (exact) mass is 325 g/mol. The number of nitrogens with zero attached hydrogens (tertiary/aromatic N) is 1. The van der Waals surface area contributed by atoms with Gasteiger partial charge in [0.2, 0.25) is 5.78 Å². The van der Waals surface area contributed by atoms with Gasteiger partial charge in [-0.1, -0.05) is 6.92 Å². The van der Waals surface area contributed by atoms with Crippen molar-refractivity contribution in [3.63, 3.8) is 0 Å². The molecule has 0 saturated heterocycles. The zero-order chi connectivity index (χ0) is 17.3. The van der Waals surface area contributed by atoms with Gasteiger partial charge in [0, 0.05) is 35.0 Å². The van der Waals surface area contributed by atoms with E-state index in [1.165, 1.54) is 12.8 Å². The van der Waals surface area contributed by atoms with Crippen LogP contribution in [0.1, 0.15) is 64.3 Å². The number of ketones is 2. The molecule has 1 aliphatic rings. The van der Waals surface area contributed by atoms with Crippen LogP contribution in [0.25, 0.3) is 0 Å². The van der Waals surface area contributed by atoms with Gasteiger partial charge in [-0.05, 0) is 57.0 Å². The number of Topliss-reactive ketones (excluding diaryl/α,β-unsaturated/α-hetero) is 2. The maximum absolute atomic E-state index is 12.5. The Morgan fingerprint density at radius 1 is 1.12 bits per heavy atom. The van der Waals surface area contributed by atoms with Crippen LogP contribution in [0.3, 0.4) is 0 Å². The average Bonchev–Trinajstić information content (AvgIpc) is 3.37. The molecule has 1 aromatic carbocycles. The maximum atomic E-state index is 12.5. The summed E-state index contributed by atoms with van der Waals surface area (Å²) in [5, 5.41) is 0. The van der Waals surface area contributed by atoms with Gasteiger partial charge in [-0.3, -0.25) is 9.59 Å². The molecule has 0 bridgehead atoms. The number of ether oxygens (including phenoxy) is 1. The lowest BCUT2D eigenvalue weighted by Crippen LogP contribution is -2.13. The van der Waals surface area contributed by atoms with E-state index in [1.807, 2.05) is 26.8 Å². The predicted molar refractivity (Wildman–Crippen MR) is 93.1 cm³/mol. The van der Waals surface area contributed by atoms with E-state index < -0.39 is 0 Å². The Bertz CT molecular complexity index is 767. The van der Waals surface area contributed by atoms with Crippen LogP contribution < -0.4 is 4.74 Å². The van der Waals surface area contributed by atoms with E-state index in [1.54, 1.807) is 24.3 Å². The average molecular weight is 325 g/mol. The number of hydrogen-bond acceptors (Lipinski definition) is 3. The molecule has 1 heterocycles. The van der Waals surface area contributed by atoms with Crippen LogP contribution in [-0.4, -0.2) is 22.7 Å². The fourth-order valence-corrected chi connectivity index (χ4v) is 3.12. The SMILES string of the molecule is CCC(=O)c1ccc(OCC(=O)c2cc(C)n(C3CC3)c2C)cc1. The van der Waals surface area contributed by atoms with Crippen molar-refractivity contribution in [2.75, 3.05) is 6.61 Å². The lowest BCUT2D eigenvalue weighted by molar-refractivity contribution is 0.0919. The lowest BCUT2D eigenvalue weighted by atomic mass is 10.1. The van der Waals surface area contributed by atoms with Crippen molar-refractivity contribution >= 4 is 11.6 Å². The summed E-state index contributed by atoms with van der Waals surface area (Å²) in [4.78, 5) is 24.1. The fourth-order valence-electron chi connectivity index (χ4n) is 3.12. The van der Waals surface area contributed by atoms with Gasteiger partial charge < -0.3 is 9.30 Å². The molecule has 0 N–H and O–H groups in total. The molecule has 0 aliphatic heterocycles. The molecule has 126 valence electrons. The van der Waals surface area contributed by atoms with Gasteiger partial charge in [0.1, 0.15) is 5.75 Å². The number of carbonyl (C=O) groups excluding carboxylic acids is 2. The molecule has 0 amide bonds. The van der Waals surface area contributed by atoms with E-state index in [-0.39, 0.29) is 18.2 Å². The minimum absolute atomic E-state index is 0.00995. The predicted octanol–water partition coefficient (Wildman–Crippen LogP) is 4.29. The zero-order valence-corrected chi connectivity index (χ0v) is 14.5. The molecule has 4 nitrogen and oxygen atoms in total. The third-order valence-electron chi connectivity index (χ3n) is 4.56. The van der Waals surface area contributed by atoms with Gasteiger partial charge >= 0.3 is 0 Å². The van der Waals surface area contributed by atoms with Gasteiger partial charge in [0.25, 0.3) is 0 Å². The number of hydrogen-bond donors (Lipinski definition) is 0. The molecule has 1 saturated carbocycles. The summed E-state index contributed by atoms with van der Waals surface area (Å²) in [6.07, 6.45) is 2.88. The van der Waals surface area contributed by atoms with Gasteiger partial charge in [-0.2, -0.15) is 0 Å². The molecule has 24 heavy (non-hydrogen) atoms. The third-order valence-corrected chi connectivity index (χ3v) is 4.56. The molecule has 1 fully saturated rings. The highest BCUT2D eigenvalue weighted by Crippen LogP contribution is 2.38. The van der Waals surface area contributed by atoms with Crippen molar-refractivity contribution in [2.45, 2.75) is 46.1 Å². The minimum atomic E-state index is -0.0105. The molecular formula is C20H23NO3. The maximum Gasteiger partial charge on any atom is 0.202 e. The summed E-state index contributed by atoms with van der Waals surface area (Å²) in [6, 6.07) is 9.49. The Morgan fingerprint density at radius 2 is 1.79 bits per heavy atom. The highest BCUT2D eigenvalue weighted by atomic mass is 16.5. The summed E-state index contributed by atoms with van der Waals surface area (Å²) >= 11 is 0. The van der Waals surface area contributed by atoms with E-state index in [9.17, 15) is 9.59 Å². The second-order valence-corrected chi connectivity index (χ2v) is 6.40. The number of aryl methyl sites for hydroxylation is 1. The number of carbonyl (C=O) groups is 2. The molecule has 0 spiro atoms. The van der Waals surface area contributed by atoms with Crippen LogP contribution in [0.5, 0.6) is 5.75 Å². The van der Waals surface area contributed by atoms with Gasteiger partial charge in [-0.25, -0.2) is 0 Å². The highest BCUT2D eigenvalue weighted by molar-refractivity contribution is 5.98. The molecule has 1 aromatic heterocycles. The molecule has 3 rings (SSSR count). The van der Waals surface area contributed by atoms with Crippen molar-refractivity contribution in [1.29, 1.82) is 0 Å². The first-order valence-electron chi connectivity index (χ1n) is 8.49. The second kappa shape index (κ2) is 6.63. The topological polar surface area (TPSA) is 48.3 Å². The second-order valence-electron chi connectivity index (χ2n) is 6.40. The first-order chi connectivity index (χ1) is 11.5. The van der Waals surface area contributed by atoms with Crippen LogP contribution in [0.4, 0.5) is 0 Å². The first kappa shape index (κ1) is 16.5. The summed E-state index contributed by atoms with van der Waals surface area (Å²) in [7, 11) is 0. The number of aromatic nitrogens is 1. The normalized spacial score (nSPS) is 13.8. The Balaban J connectivity index is 1.65. The van der Waals surface area contributed by atoms with E-state index in [0.717, 1.165) is 17.0 Å². The Morgan fingerprint density at radius 3 is 2.38 bits per heavy atom. The van der Waals surface area contributed by atoms with E-state index in [4.69, 9.17) is 4.74 Å². The molecule has 0 unspecified atom stereocenters. The quantitative estimate of drug-likeness (QED) is 0.713. The van der Waals surface area contributed by atoms with Gasteiger partial charge in [-0.15, -0.1) is 0 Å². The molecule has 0 radical (unpaired) electrons. The zero-order valence-electron chi connectivity index (χ0n) is 14.5. The lowest BCUT2D eigenvalue weighted by Gasteiger charge is -2.08. The van der Waals surface area contributed by atoms with Crippen molar-refractivity contribution in [1.82, 2.24) is 4.57 Å². The molecule has 0 atom stereocenters. The van der Waals surface area contributed by atoms with Gasteiger partial charge in [0.05, 0.1) is 0 Å².